The van der Waals surface area contributed by atoms with E-state index in [-0.39, 0.29) is 29.3 Å². The molecule has 0 saturated carbocycles. The largest absolute Gasteiger partial charge is 0.343 e. The van der Waals surface area contributed by atoms with Crippen LogP contribution >= 0.6 is 0 Å². The molecule has 7 nitrogen and oxygen atoms in total. The lowest BCUT2D eigenvalue weighted by molar-refractivity contribution is -0.131. The van der Waals surface area contributed by atoms with Gasteiger partial charge in [-0.2, -0.15) is 0 Å². The molecule has 0 spiro atoms. The Balaban J connectivity index is 1.48. The second-order valence-corrected chi connectivity index (χ2v) is 9.50. The highest BCUT2D eigenvalue weighted by Crippen LogP contribution is 2.16. The molecule has 31 heavy (non-hydrogen) atoms. The average Bonchev–Trinajstić information content (AvgIpc) is 2.71. The van der Waals surface area contributed by atoms with Crippen LogP contribution < -0.4 is 10.0 Å². The lowest BCUT2D eigenvalue weighted by atomic mass is 10.1. The number of rotatable bonds is 6. The van der Waals surface area contributed by atoms with Gasteiger partial charge in [0.2, 0.25) is 15.9 Å². The van der Waals surface area contributed by atoms with E-state index >= 15 is 0 Å². The Morgan fingerprint density at radius 2 is 1.61 bits per heavy atom. The van der Waals surface area contributed by atoms with E-state index in [4.69, 9.17) is 0 Å². The molecule has 0 atom stereocenters. The summed E-state index contributed by atoms with van der Waals surface area (Å²) in [5, 5.41) is 2.65. The van der Waals surface area contributed by atoms with E-state index in [1.165, 1.54) is 12.1 Å². The Morgan fingerprint density at radius 3 is 2.19 bits per heavy atom. The van der Waals surface area contributed by atoms with Gasteiger partial charge in [-0.3, -0.25) is 9.59 Å². The van der Waals surface area contributed by atoms with Crippen molar-refractivity contribution in [2.24, 2.45) is 0 Å². The van der Waals surface area contributed by atoms with Crippen molar-refractivity contribution in [2.75, 3.05) is 19.6 Å². The lowest BCUT2D eigenvalue weighted by Gasteiger charge is -2.32. The van der Waals surface area contributed by atoms with E-state index in [1.807, 2.05) is 19.9 Å². The van der Waals surface area contributed by atoms with Gasteiger partial charge in [0.05, 0.1) is 11.4 Å². The number of nitrogens with one attached hydrogen (secondary N) is 2. The number of likely N-dealkylation sites (tertiary alicyclic amines) is 1. The van der Waals surface area contributed by atoms with Gasteiger partial charge in [0.25, 0.3) is 5.91 Å². The zero-order valence-corrected chi connectivity index (χ0v) is 18.3. The van der Waals surface area contributed by atoms with Crippen molar-refractivity contribution in [3.8, 4) is 0 Å². The summed E-state index contributed by atoms with van der Waals surface area (Å²) in [6, 6.07) is 9.82. The van der Waals surface area contributed by atoms with Crippen molar-refractivity contribution in [1.82, 2.24) is 14.9 Å². The molecular formula is C22H26FN3O4S. The van der Waals surface area contributed by atoms with Gasteiger partial charge in [-0.15, -0.1) is 0 Å². The predicted octanol–water partition coefficient (Wildman–Crippen LogP) is 2.14. The van der Waals surface area contributed by atoms with E-state index in [1.54, 1.807) is 17.0 Å². The summed E-state index contributed by atoms with van der Waals surface area (Å²) in [6.45, 7) is 4.47. The molecule has 166 valence electrons. The Kier molecular flexibility index (Phi) is 7.07. The molecule has 2 N–H and O–H groups in total. The molecule has 9 heteroatoms. The minimum Gasteiger partial charge on any atom is -0.343 e. The van der Waals surface area contributed by atoms with E-state index < -0.39 is 15.8 Å². The molecule has 0 bridgehead atoms. The number of sulfonamides is 1. The number of carbonyl (C=O) groups is 2. The number of halogens is 1. The van der Waals surface area contributed by atoms with E-state index in [0.717, 1.165) is 23.3 Å². The second-order valence-electron chi connectivity index (χ2n) is 7.79. The smallest absolute Gasteiger partial charge is 0.251 e. The van der Waals surface area contributed by atoms with Crippen molar-refractivity contribution in [2.45, 2.75) is 37.6 Å². The van der Waals surface area contributed by atoms with Crippen LogP contribution in [0, 0.1) is 19.7 Å². The minimum absolute atomic E-state index is 0.00139. The fourth-order valence-electron chi connectivity index (χ4n) is 3.62. The highest BCUT2D eigenvalue weighted by atomic mass is 32.2. The SMILES string of the molecule is Cc1cc(C)cc(C(=O)NCC(=O)N2CCC(NS(=O)(=O)c3ccc(F)cc3)CC2)c1. The average molecular weight is 448 g/mol. The van der Waals surface area contributed by atoms with Crippen LogP contribution in [0.15, 0.2) is 47.4 Å². The standard InChI is InChI=1S/C22H26FN3O4S/c1-15-11-16(2)13-17(12-15)22(28)24-14-21(27)26-9-7-19(8-10-26)25-31(29,30)20-5-3-18(23)4-6-20/h3-6,11-13,19,25H,7-10,14H2,1-2H3,(H,24,28). The topological polar surface area (TPSA) is 95.6 Å². The first-order chi connectivity index (χ1) is 14.6. The Bertz CT molecular complexity index is 1040. The quantitative estimate of drug-likeness (QED) is 0.709. The number of amides is 2. The van der Waals surface area contributed by atoms with Gasteiger partial charge in [-0.25, -0.2) is 17.5 Å². The summed E-state index contributed by atoms with van der Waals surface area (Å²) in [5.74, 6) is -1.02. The fraction of sp³-hybridized carbons (Fsp3) is 0.364. The van der Waals surface area contributed by atoms with E-state index in [0.29, 0.717) is 31.5 Å². The lowest BCUT2D eigenvalue weighted by Crippen LogP contribution is -2.48. The highest BCUT2D eigenvalue weighted by molar-refractivity contribution is 7.89. The molecule has 1 aliphatic rings. The summed E-state index contributed by atoms with van der Waals surface area (Å²) >= 11 is 0. The van der Waals surface area contributed by atoms with Crippen molar-refractivity contribution < 1.29 is 22.4 Å². The Hall–Kier alpha value is -2.78. The minimum atomic E-state index is -3.75. The molecule has 2 aromatic rings. The molecule has 3 rings (SSSR count). The molecular weight excluding hydrogens is 421 g/mol. The van der Waals surface area contributed by atoms with Crippen LogP contribution in [0.1, 0.15) is 34.3 Å². The van der Waals surface area contributed by atoms with Crippen molar-refractivity contribution in [3.63, 3.8) is 0 Å². The van der Waals surface area contributed by atoms with Crippen LogP contribution in [-0.2, 0) is 14.8 Å². The van der Waals surface area contributed by atoms with Crippen molar-refractivity contribution in [3.05, 3.63) is 65.0 Å². The highest BCUT2D eigenvalue weighted by Gasteiger charge is 2.27. The predicted molar refractivity (Wildman–Crippen MR) is 115 cm³/mol. The molecule has 0 aromatic heterocycles. The molecule has 1 aliphatic heterocycles. The molecule has 2 aromatic carbocycles. The first kappa shape index (κ1) is 22.9. The zero-order chi connectivity index (χ0) is 22.6. The molecule has 0 radical (unpaired) electrons. The van der Waals surface area contributed by atoms with E-state index in [9.17, 15) is 22.4 Å². The number of carbonyl (C=O) groups excluding carboxylic acids is 2. The van der Waals surface area contributed by atoms with E-state index in [2.05, 4.69) is 10.0 Å². The third kappa shape index (κ3) is 6.11. The van der Waals surface area contributed by atoms with Crippen LogP contribution in [0.5, 0.6) is 0 Å². The van der Waals surface area contributed by atoms with Gasteiger partial charge in [-0.1, -0.05) is 17.2 Å². The summed E-state index contributed by atoms with van der Waals surface area (Å²) < 4.78 is 40.5. The summed E-state index contributed by atoms with van der Waals surface area (Å²) in [6.07, 6.45) is 0.911. The number of benzene rings is 2. The van der Waals surface area contributed by atoms with Gasteiger partial charge in [-0.05, 0) is 63.1 Å². The van der Waals surface area contributed by atoms with Crippen LogP contribution in [-0.4, -0.2) is 50.8 Å². The number of nitrogens with zero attached hydrogens (tertiary/aromatic N) is 1. The Labute approximate surface area is 181 Å². The van der Waals surface area contributed by atoms with Crippen LogP contribution in [0.25, 0.3) is 0 Å². The first-order valence-electron chi connectivity index (χ1n) is 10.1. The van der Waals surface area contributed by atoms with Gasteiger partial charge in [0.1, 0.15) is 5.82 Å². The summed E-state index contributed by atoms with van der Waals surface area (Å²) in [7, 11) is -3.75. The molecule has 1 fully saturated rings. The third-order valence-electron chi connectivity index (χ3n) is 5.18. The summed E-state index contributed by atoms with van der Waals surface area (Å²) in [5.41, 5.74) is 2.46. The maximum atomic E-state index is 13.0. The van der Waals surface area contributed by atoms with Crippen molar-refractivity contribution >= 4 is 21.8 Å². The normalized spacial score (nSPS) is 15.0. The maximum Gasteiger partial charge on any atom is 0.251 e. The second kappa shape index (κ2) is 9.57. The molecule has 1 saturated heterocycles. The molecule has 0 unspecified atom stereocenters. The first-order valence-corrected chi connectivity index (χ1v) is 11.5. The maximum absolute atomic E-state index is 13.0. The van der Waals surface area contributed by atoms with Gasteiger partial charge in [0.15, 0.2) is 0 Å². The van der Waals surface area contributed by atoms with Crippen LogP contribution in [0.2, 0.25) is 0 Å². The molecule has 1 heterocycles. The van der Waals surface area contributed by atoms with Crippen molar-refractivity contribution in [1.29, 1.82) is 0 Å². The monoisotopic (exact) mass is 447 g/mol. The zero-order valence-electron chi connectivity index (χ0n) is 17.5. The number of hydrogen-bond acceptors (Lipinski definition) is 4. The number of piperidine rings is 1. The number of hydrogen-bond donors (Lipinski definition) is 2. The van der Waals surface area contributed by atoms with Gasteiger partial charge in [0, 0.05) is 24.7 Å². The molecule has 2 amide bonds. The molecule has 0 aliphatic carbocycles. The fourth-order valence-corrected chi connectivity index (χ4v) is 4.93. The van der Waals surface area contributed by atoms with Crippen LogP contribution in [0.4, 0.5) is 4.39 Å². The van der Waals surface area contributed by atoms with Crippen LogP contribution in [0.3, 0.4) is 0 Å². The van der Waals surface area contributed by atoms with Gasteiger partial charge >= 0.3 is 0 Å². The third-order valence-corrected chi connectivity index (χ3v) is 6.71. The van der Waals surface area contributed by atoms with Gasteiger partial charge < -0.3 is 10.2 Å². The Morgan fingerprint density at radius 1 is 1.03 bits per heavy atom. The summed E-state index contributed by atoms with van der Waals surface area (Å²) in [4.78, 5) is 26.4. The number of aryl methyl sites for hydroxylation is 2.